The molecule has 0 saturated carbocycles. The van der Waals surface area contributed by atoms with E-state index in [1.165, 1.54) is 0 Å². The zero-order valence-corrected chi connectivity index (χ0v) is 8.83. The molecule has 0 bridgehead atoms. The molecule has 0 atom stereocenters. The first-order chi connectivity index (χ1) is 8.02. The molecule has 1 heterocycles. The van der Waals surface area contributed by atoms with E-state index in [4.69, 9.17) is 5.11 Å². The molecule has 1 aromatic carbocycles. The fourth-order valence-corrected chi connectivity index (χ4v) is 1.70. The highest BCUT2D eigenvalue weighted by molar-refractivity contribution is 5.79. The molecule has 1 aromatic heterocycles. The summed E-state index contributed by atoms with van der Waals surface area (Å²) in [6.45, 7) is -0.353. The van der Waals surface area contributed by atoms with Gasteiger partial charge in [0.15, 0.2) is 0 Å². The van der Waals surface area contributed by atoms with Crippen LogP contribution in [-0.2, 0) is 12.6 Å². The van der Waals surface area contributed by atoms with Gasteiger partial charge < -0.3 is 5.11 Å². The lowest BCUT2D eigenvalue weighted by Gasteiger charge is -2.12. The second-order valence-electron chi connectivity index (χ2n) is 3.65. The van der Waals surface area contributed by atoms with E-state index in [2.05, 4.69) is 4.98 Å². The number of alkyl halides is 3. The number of hydrogen-bond donors (Lipinski definition) is 1. The summed E-state index contributed by atoms with van der Waals surface area (Å²) >= 11 is 0. The minimum Gasteiger partial charge on any atom is -0.396 e. The molecule has 17 heavy (non-hydrogen) atoms. The number of benzene rings is 1. The highest BCUT2D eigenvalue weighted by Crippen LogP contribution is 2.33. The average molecular weight is 241 g/mol. The van der Waals surface area contributed by atoms with Crippen molar-refractivity contribution in [3.8, 4) is 0 Å². The first-order valence-corrected chi connectivity index (χ1v) is 5.09. The number of aliphatic hydroxyl groups excluding tert-OH is 1. The number of para-hydroxylation sites is 1. The van der Waals surface area contributed by atoms with Crippen LogP contribution >= 0.6 is 0 Å². The molecule has 2 aromatic rings. The number of nitrogens with zero attached hydrogens (tertiary/aromatic N) is 1. The molecular formula is C12H10F3NO. The Hall–Kier alpha value is -1.62. The molecular weight excluding hydrogens is 231 g/mol. The van der Waals surface area contributed by atoms with E-state index < -0.39 is 11.7 Å². The Labute approximate surface area is 95.7 Å². The van der Waals surface area contributed by atoms with Crippen molar-refractivity contribution >= 4 is 10.9 Å². The van der Waals surface area contributed by atoms with Gasteiger partial charge in [-0.05, 0) is 12.1 Å². The van der Waals surface area contributed by atoms with Crippen LogP contribution in [0.3, 0.4) is 0 Å². The zero-order valence-electron chi connectivity index (χ0n) is 8.83. The van der Waals surface area contributed by atoms with E-state index in [1.54, 1.807) is 24.3 Å². The predicted molar refractivity (Wildman–Crippen MR) is 57.5 cm³/mol. The van der Waals surface area contributed by atoms with Crippen LogP contribution in [-0.4, -0.2) is 16.7 Å². The van der Waals surface area contributed by atoms with Crippen molar-refractivity contribution in [2.24, 2.45) is 0 Å². The van der Waals surface area contributed by atoms with E-state index >= 15 is 0 Å². The summed E-state index contributed by atoms with van der Waals surface area (Å²) in [5, 5.41) is 9.22. The lowest BCUT2D eigenvalue weighted by atomic mass is 10.1. The quantitative estimate of drug-likeness (QED) is 0.877. The van der Waals surface area contributed by atoms with Crippen molar-refractivity contribution in [3.05, 3.63) is 41.6 Å². The molecule has 0 aliphatic rings. The average Bonchev–Trinajstić information content (AvgIpc) is 2.27. The lowest BCUT2D eigenvalue weighted by molar-refractivity contribution is -0.138. The topological polar surface area (TPSA) is 33.1 Å². The van der Waals surface area contributed by atoms with Gasteiger partial charge in [-0.2, -0.15) is 13.2 Å². The first-order valence-electron chi connectivity index (χ1n) is 5.09. The van der Waals surface area contributed by atoms with Crippen LogP contribution in [0.15, 0.2) is 30.3 Å². The molecule has 0 aliphatic heterocycles. The number of fused-ring (bicyclic) bond motifs is 1. The van der Waals surface area contributed by atoms with Gasteiger partial charge in [0.25, 0.3) is 0 Å². The minimum atomic E-state index is -4.44. The largest absolute Gasteiger partial charge is 0.418 e. The molecule has 0 amide bonds. The fourth-order valence-electron chi connectivity index (χ4n) is 1.70. The van der Waals surface area contributed by atoms with Crippen molar-refractivity contribution in [3.63, 3.8) is 0 Å². The summed E-state index contributed by atoms with van der Waals surface area (Å²) in [4.78, 5) is 3.95. The Balaban J connectivity index is 2.66. The van der Waals surface area contributed by atoms with E-state index in [0.717, 1.165) is 6.07 Å². The zero-order chi connectivity index (χ0) is 12.5. The van der Waals surface area contributed by atoms with Crippen LogP contribution in [0.1, 0.15) is 11.3 Å². The molecule has 0 spiro atoms. The Bertz CT molecular complexity index is 537. The van der Waals surface area contributed by atoms with Gasteiger partial charge in [-0.1, -0.05) is 18.2 Å². The third-order valence-corrected chi connectivity index (χ3v) is 2.46. The molecule has 0 saturated heterocycles. The normalized spacial score (nSPS) is 12.0. The SMILES string of the molecule is OCCc1nc2ccccc2cc1C(F)(F)F. The van der Waals surface area contributed by atoms with Crippen LogP contribution in [0.4, 0.5) is 13.2 Å². The summed E-state index contributed by atoms with van der Waals surface area (Å²) < 4.78 is 38.3. The molecule has 5 heteroatoms. The molecule has 2 rings (SSSR count). The van der Waals surface area contributed by atoms with E-state index in [-0.39, 0.29) is 18.7 Å². The van der Waals surface area contributed by atoms with Crippen molar-refractivity contribution < 1.29 is 18.3 Å². The molecule has 2 nitrogen and oxygen atoms in total. The summed E-state index contributed by atoms with van der Waals surface area (Å²) in [5.41, 5.74) is -0.382. The maximum atomic E-state index is 12.8. The van der Waals surface area contributed by atoms with Gasteiger partial charge in [0.2, 0.25) is 0 Å². The van der Waals surface area contributed by atoms with Gasteiger partial charge in [-0.25, -0.2) is 0 Å². The van der Waals surface area contributed by atoms with Crippen LogP contribution in [0.5, 0.6) is 0 Å². The summed E-state index contributed by atoms with van der Waals surface area (Å²) in [5.74, 6) is 0. The van der Waals surface area contributed by atoms with Gasteiger partial charge in [0.05, 0.1) is 16.8 Å². The maximum Gasteiger partial charge on any atom is 0.418 e. The van der Waals surface area contributed by atoms with Gasteiger partial charge in [0.1, 0.15) is 0 Å². The van der Waals surface area contributed by atoms with Crippen molar-refractivity contribution in [1.29, 1.82) is 0 Å². The van der Waals surface area contributed by atoms with Gasteiger partial charge in [-0.3, -0.25) is 4.98 Å². The standard InChI is InChI=1S/C12H10F3NO/c13-12(14,15)9-7-8-3-1-2-4-10(8)16-11(9)5-6-17/h1-4,7,17H,5-6H2. The molecule has 0 fully saturated rings. The second kappa shape index (κ2) is 4.33. The summed E-state index contributed by atoms with van der Waals surface area (Å²) in [6.07, 6.45) is -4.54. The van der Waals surface area contributed by atoms with E-state index in [0.29, 0.717) is 10.9 Å². The smallest absolute Gasteiger partial charge is 0.396 e. The Morgan fingerprint density at radius 1 is 1.18 bits per heavy atom. The van der Waals surface area contributed by atoms with Crippen molar-refractivity contribution in [1.82, 2.24) is 4.98 Å². The summed E-state index contributed by atoms with van der Waals surface area (Å²) in [6, 6.07) is 7.69. The third-order valence-electron chi connectivity index (χ3n) is 2.46. The second-order valence-corrected chi connectivity index (χ2v) is 3.65. The highest BCUT2D eigenvalue weighted by atomic mass is 19.4. The monoisotopic (exact) mass is 241 g/mol. The molecule has 0 aliphatic carbocycles. The van der Waals surface area contributed by atoms with Crippen LogP contribution in [0.2, 0.25) is 0 Å². The number of rotatable bonds is 2. The lowest BCUT2D eigenvalue weighted by Crippen LogP contribution is -2.12. The van der Waals surface area contributed by atoms with Crippen LogP contribution in [0.25, 0.3) is 10.9 Å². The van der Waals surface area contributed by atoms with Crippen LogP contribution in [0, 0.1) is 0 Å². The van der Waals surface area contributed by atoms with Crippen LogP contribution < -0.4 is 0 Å². The minimum absolute atomic E-state index is 0.0975. The van der Waals surface area contributed by atoms with Crippen molar-refractivity contribution in [2.45, 2.75) is 12.6 Å². The molecule has 1 N–H and O–H groups in total. The fraction of sp³-hybridized carbons (Fsp3) is 0.250. The molecule has 0 radical (unpaired) electrons. The molecule has 0 unspecified atom stereocenters. The Morgan fingerprint density at radius 2 is 1.88 bits per heavy atom. The molecule has 90 valence electrons. The number of hydrogen-bond acceptors (Lipinski definition) is 2. The summed E-state index contributed by atoms with van der Waals surface area (Å²) in [7, 11) is 0. The van der Waals surface area contributed by atoms with E-state index in [9.17, 15) is 13.2 Å². The Morgan fingerprint density at radius 3 is 2.53 bits per heavy atom. The number of pyridine rings is 1. The Kier molecular flexibility index (Phi) is 3.02. The van der Waals surface area contributed by atoms with Gasteiger partial charge in [-0.15, -0.1) is 0 Å². The third kappa shape index (κ3) is 2.39. The van der Waals surface area contributed by atoms with Crippen molar-refractivity contribution in [2.75, 3.05) is 6.61 Å². The number of halogens is 3. The predicted octanol–water partition coefficient (Wildman–Crippen LogP) is 2.79. The first kappa shape index (κ1) is 11.9. The number of aromatic nitrogens is 1. The number of aliphatic hydroxyl groups is 1. The van der Waals surface area contributed by atoms with Gasteiger partial charge in [0, 0.05) is 18.4 Å². The van der Waals surface area contributed by atoms with E-state index in [1.807, 2.05) is 0 Å². The maximum absolute atomic E-state index is 12.8. The highest BCUT2D eigenvalue weighted by Gasteiger charge is 2.34. The van der Waals surface area contributed by atoms with Gasteiger partial charge >= 0.3 is 6.18 Å².